The van der Waals surface area contributed by atoms with E-state index in [1.165, 1.54) is 6.92 Å². The van der Waals surface area contributed by atoms with Gasteiger partial charge in [-0.05, 0) is 20.8 Å². The molecule has 0 spiro atoms. The molecule has 0 rings (SSSR count). The Balaban J connectivity index is 0. The fourth-order valence-electron chi connectivity index (χ4n) is 0.977. The minimum Gasteiger partial charge on any atom is -0.294 e. The van der Waals surface area contributed by atoms with Crippen molar-refractivity contribution in [2.45, 2.75) is 26.8 Å². The van der Waals surface area contributed by atoms with Crippen molar-refractivity contribution in [3.8, 4) is 0 Å². The quantitative estimate of drug-likeness (QED) is 0.562. The lowest BCUT2D eigenvalue weighted by Crippen LogP contribution is -2.30. The molecule has 0 bridgehead atoms. The highest BCUT2D eigenvalue weighted by Crippen LogP contribution is 1.96. The Labute approximate surface area is 105 Å². The van der Waals surface area contributed by atoms with Crippen LogP contribution in [-0.4, -0.2) is 43.6 Å². The Hall–Kier alpha value is -0.690. The molecule has 6 heteroatoms. The molecule has 0 amide bonds. The first kappa shape index (κ1) is 18.7. The standard InChI is InChI=1S/C9H17N.C2H6O4S/c1-5-7-10(8-6-2)9(3)4;1-2-6-7(3,4)5/h5-6,9H,1-2,7-8H2,3-4H3;2H2,1H3,(H,3,4,5). The van der Waals surface area contributed by atoms with Gasteiger partial charge in [0.2, 0.25) is 0 Å². The first-order valence-corrected chi connectivity index (χ1v) is 6.72. The number of nitrogens with zero attached hydrogens (tertiary/aromatic N) is 1. The van der Waals surface area contributed by atoms with Crippen LogP contribution in [0, 0.1) is 0 Å². The van der Waals surface area contributed by atoms with Crippen molar-refractivity contribution in [2.75, 3.05) is 19.7 Å². The molecule has 0 saturated heterocycles. The Morgan fingerprint density at radius 3 is 1.82 bits per heavy atom. The maximum absolute atomic E-state index is 9.56. The zero-order valence-corrected chi connectivity index (χ0v) is 11.6. The summed E-state index contributed by atoms with van der Waals surface area (Å²) in [5, 5.41) is 0. The van der Waals surface area contributed by atoms with Crippen LogP contribution in [0.5, 0.6) is 0 Å². The normalized spacial score (nSPS) is 10.9. The summed E-state index contributed by atoms with van der Waals surface area (Å²) in [5.41, 5.74) is 0. The highest BCUT2D eigenvalue weighted by atomic mass is 32.3. The molecular weight excluding hydrogens is 242 g/mol. The molecule has 1 N–H and O–H groups in total. The third-order valence-corrected chi connectivity index (χ3v) is 2.26. The van der Waals surface area contributed by atoms with Crippen molar-refractivity contribution in [1.82, 2.24) is 4.90 Å². The molecule has 0 aliphatic heterocycles. The van der Waals surface area contributed by atoms with Crippen molar-refractivity contribution in [3.63, 3.8) is 0 Å². The SMILES string of the molecule is C=CCN(CC=C)C(C)C.CCOS(=O)(=O)O. The molecule has 0 atom stereocenters. The maximum atomic E-state index is 9.56. The smallest absolute Gasteiger partial charge is 0.294 e. The second kappa shape index (κ2) is 10.5. The minimum atomic E-state index is -4.17. The largest absolute Gasteiger partial charge is 0.397 e. The van der Waals surface area contributed by atoms with Gasteiger partial charge in [-0.25, -0.2) is 4.18 Å². The second-order valence-electron chi connectivity index (χ2n) is 3.46. The summed E-state index contributed by atoms with van der Waals surface area (Å²) >= 11 is 0. The maximum Gasteiger partial charge on any atom is 0.397 e. The highest BCUT2D eigenvalue weighted by Gasteiger charge is 2.03. The van der Waals surface area contributed by atoms with Crippen LogP contribution < -0.4 is 0 Å². The van der Waals surface area contributed by atoms with E-state index < -0.39 is 10.4 Å². The van der Waals surface area contributed by atoms with Gasteiger partial charge in [-0.3, -0.25) is 9.45 Å². The van der Waals surface area contributed by atoms with Gasteiger partial charge in [0.25, 0.3) is 0 Å². The van der Waals surface area contributed by atoms with Crippen molar-refractivity contribution in [3.05, 3.63) is 25.3 Å². The van der Waals surface area contributed by atoms with E-state index in [0.29, 0.717) is 6.04 Å². The van der Waals surface area contributed by atoms with Crippen LogP contribution in [0.1, 0.15) is 20.8 Å². The van der Waals surface area contributed by atoms with Crippen molar-refractivity contribution in [1.29, 1.82) is 0 Å². The molecule has 0 aliphatic rings. The third-order valence-electron chi connectivity index (χ3n) is 1.72. The Morgan fingerprint density at radius 2 is 1.71 bits per heavy atom. The van der Waals surface area contributed by atoms with Crippen molar-refractivity contribution < 1.29 is 17.2 Å². The van der Waals surface area contributed by atoms with Gasteiger partial charge >= 0.3 is 10.4 Å². The van der Waals surface area contributed by atoms with E-state index in [0.717, 1.165) is 13.1 Å². The van der Waals surface area contributed by atoms with Gasteiger partial charge < -0.3 is 0 Å². The number of hydrogen-bond acceptors (Lipinski definition) is 4. The predicted octanol–water partition coefficient (Wildman–Crippen LogP) is 1.89. The summed E-state index contributed by atoms with van der Waals surface area (Å²) < 4.78 is 30.7. The first-order chi connectivity index (χ1) is 7.78. The Morgan fingerprint density at radius 1 is 1.29 bits per heavy atom. The van der Waals surface area contributed by atoms with E-state index in [9.17, 15) is 8.42 Å². The lowest BCUT2D eigenvalue weighted by molar-refractivity contribution is 0.273. The lowest BCUT2D eigenvalue weighted by Gasteiger charge is -2.22. The summed E-state index contributed by atoms with van der Waals surface area (Å²) in [6.07, 6.45) is 3.84. The average molecular weight is 265 g/mol. The van der Waals surface area contributed by atoms with E-state index in [2.05, 4.69) is 36.1 Å². The molecule has 0 aromatic carbocycles. The number of rotatable bonds is 7. The van der Waals surface area contributed by atoms with Gasteiger partial charge in [0.15, 0.2) is 0 Å². The van der Waals surface area contributed by atoms with Crippen LogP contribution >= 0.6 is 0 Å². The first-order valence-electron chi connectivity index (χ1n) is 5.36. The van der Waals surface area contributed by atoms with Gasteiger partial charge in [0.05, 0.1) is 6.61 Å². The molecule has 0 heterocycles. The van der Waals surface area contributed by atoms with E-state index in [1.807, 2.05) is 12.2 Å². The molecule has 0 aromatic heterocycles. The molecule has 5 nitrogen and oxygen atoms in total. The third kappa shape index (κ3) is 15.3. The molecular formula is C11H23NO4S. The monoisotopic (exact) mass is 265 g/mol. The predicted molar refractivity (Wildman–Crippen MR) is 70.3 cm³/mol. The Kier molecular flexibility index (Phi) is 11.5. The van der Waals surface area contributed by atoms with Gasteiger partial charge in [-0.2, -0.15) is 8.42 Å². The molecule has 102 valence electrons. The zero-order chi connectivity index (χ0) is 13.9. The van der Waals surface area contributed by atoms with Crippen LogP contribution in [0.2, 0.25) is 0 Å². The lowest BCUT2D eigenvalue weighted by atomic mass is 10.3. The van der Waals surface area contributed by atoms with Crippen LogP contribution in [0.25, 0.3) is 0 Å². The summed E-state index contributed by atoms with van der Waals surface area (Å²) in [7, 11) is -4.17. The van der Waals surface area contributed by atoms with Crippen LogP contribution in [0.15, 0.2) is 25.3 Å². The zero-order valence-electron chi connectivity index (χ0n) is 10.8. The summed E-state index contributed by atoms with van der Waals surface area (Å²) in [6.45, 7) is 15.1. The molecule has 0 aromatic rings. The van der Waals surface area contributed by atoms with Crippen molar-refractivity contribution in [2.24, 2.45) is 0 Å². The second-order valence-corrected chi connectivity index (χ2v) is 4.55. The van der Waals surface area contributed by atoms with E-state index >= 15 is 0 Å². The average Bonchev–Trinajstić information content (AvgIpc) is 2.16. The molecule has 0 unspecified atom stereocenters. The fourth-order valence-corrected chi connectivity index (χ4v) is 1.27. The molecule has 0 aliphatic carbocycles. The highest BCUT2D eigenvalue weighted by molar-refractivity contribution is 7.80. The van der Waals surface area contributed by atoms with Crippen LogP contribution in [0.3, 0.4) is 0 Å². The van der Waals surface area contributed by atoms with E-state index in [-0.39, 0.29) is 6.61 Å². The summed E-state index contributed by atoms with van der Waals surface area (Å²) in [5.74, 6) is 0. The number of hydrogen-bond donors (Lipinski definition) is 1. The summed E-state index contributed by atoms with van der Waals surface area (Å²) in [4.78, 5) is 2.29. The molecule has 17 heavy (non-hydrogen) atoms. The van der Waals surface area contributed by atoms with Gasteiger partial charge in [-0.1, -0.05) is 12.2 Å². The minimum absolute atomic E-state index is 0.0289. The van der Waals surface area contributed by atoms with E-state index in [4.69, 9.17) is 4.55 Å². The van der Waals surface area contributed by atoms with Crippen LogP contribution in [-0.2, 0) is 14.6 Å². The van der Waals surface area contributed by atoms with Gasteiger partial charge in [-0.15, -0.1) is 13.2 Å². The van der Waals surface area contributed by atoms with Gasteiger partial charge in [0.1, 0.15) is 0 Å². The molecule has 0 saturated carbocycles. The van der Waals surface area contributed by atoms with Gasteiger partial charge in [0, 0.05) is 19.1 Å². The van der Waals surface area contributed by atoms with Crippen molar-refractivity contribution >= 4 is 10.4 Å². The molecule has 0 fully saturated rings. The Bertz CT molecular complexity index is 289. The van der Waals surface area contributed by atoms with E-state index in [1.54, 1.807) is 0 Å². The fraction of sp³-hybridized carbons (Fsp3) is 0.636. The molecule has 0 radical (unpaired) electrons. The topological polar surface area (TPSA) is 66.8 Å². The van der Waals surface area contributed by atoms with Crippen LogP contribution in [0.4, 0.5) is 0 Å². The summed E-state index contributed by atoms with van der Waals surface area (Å²) in [6, 6.07) is 0.580.